The van der Waals surface area contributed by atoms with Crippen molar-refractivity contribution in [2.45, 2.75) is 23.8 Å². The van der Waals surface area contributed by atoms with Crippen molar-refractivity contribution >= 4 is 26.6 Å². The van der Waals surface area contributed by atoms with E-state index in [4.69, 9.17) is 9.15 Å². The number of nitrogens with one attached hydrogen (secondary N) is 1. The molecule has 1 aliphatic rings. The minimum Gasteiger partial charge on any atom is -0.497 e. The molecule has 0 aliphatic carbocycles. The van der Waals surface area contributed by atoms with Crippen LogP contribution in [0.4, 0.5) is 0 Å². The summed E-state index contributed by atoms with van der Waals surface area (Å²) in [6, 6.07) is 10.8. The average molecular weight is 402 g/mol. The van der Waals surface area contributed by atoms with E-state index in [1.807, 2.05) is 24.3 Å². The molecule has 1 fully saturated rings. The molecule has 1 N–H and O–H groups in total. The number of methoxy groups -OCH3 is 1. The molecule has 0 spiro atoms. The number of H-pyrrole nitrogens is 1. The number of nitrogens with zero attached hydrogens (tertiary/aromatic N) is 1. The molecular formula is C20H22N2O5S. The van der Waals surface area contributed by atoms with E-state index in [1.54, 1.807) is 24.1 Å². The Kier molecular flexibility index (Phi) is 4.89. The SMILES string of the molecule is COc1ccc2cc(C(=O)N3CCC(S(=O)(=O)Cc4ccco4)CC3)[nH]c2c1. The lowest BCUT2D eigenvalue weighted by Gasteiger charge is -2.31. The minimum absolute atomic E-state index is 0.0948. The third-order valence-electron chi connectivity index (χ3n) is 5.22. The largest absolute Gasteiger partial charge is 0.497 e. The van der Waals surface area contributed by atoms with Crippen LogP contribution in [0.1, 0.15) is 29.1 Å². The first kappa shape index (κ1) is 18.6. The molecule has 8 heteroatoms. The number of piperidine rings is 1. The highest BCUT2D eigenvalue weighted by Gasteiger charge is 2.32. The first-order valence-electron chi connectivity index (χ1n) is 9.16. The number of benzene rings is 1. The number of hydrogen-bond donors (Lipinski definition) is 1. The van der Waals surface area contributed by atoms with E-state index in [2.05, 4.69) is 4.98 Å². The third-order valence-corrected chi connectivity index (χ3v) is 7.39. The van der Waals surface area contributed by atoms with E-state index < -0.39 is 15.1 Å². The van der Waals surface area contributed by atoms with Gasteiger partial charge in [-0.2, -0.15) is 0 Å². The van der Waals surface area contributed by atoms with Crippen LogP contribution in [0.25, 0.3) is 10.9 Å². The van der Waals surface area contributed by atoms with Gasteiger partial charge in [0, 0.05) is 30.1 Å². The Morgan fingerprint density at radius 2 is 2.04 bits per heavy atom. The van der Waals surface area contributed by atoms with Gasteiger partial charge >= 0.3 is 0 Å². The maximum absolute atomic E-state index is 12.8. The predicted octanol–water partition coefficient (Wildman–Crippen LogP) is 2.99. The summed E-state index contributed by atoms with van der Waals surface area (Å²) in [5.74, 6) is 0.961. The lowest BCUT2D eigenvalue weighted by atomic mass is 10.1. The van der Waals surface area contributed by atoms with Crippen LogP contribution in [0.5, 0.6) is 5.75 Å². The standard InChI is InChI=1S/C20H22N2O5S/c1-26-15-5-4-14-11-19(21-18(14)12-15)20(23)22-8-6-17(7-9-22)28(24,25)13-16-3-2-10-27-16/h2-5,10-12,17,21H,6-9,13H2,1H3. The second kappa shape index (κ2) is 7.35. The van der Waals surface area contributed by atoms with E-state index in [9.17, 15) is 13.2 Å². The average Bonchev–Trinajstić information content (AvgIpc) is 3.36. The fourth-order valence-electron chi connectivity index (χ4n) is 3.65. The van der Waals surface area contributed by atoms with Gasteiger partial charge in [-0.15, -0.1) is 0 Å². The normalized spacial score (nSPS) is 15.8. The van der Waals surface area contributed by atoms with E-state index in [0.717, 1.165) is 16.7 Å². The molecule has 28 heavy (non-hydrogen) atoms. The number of aromatic nitrogens is 1. The van der Waals surface area contributed by atoms with Crippen LogP contribution in [0.15, 0.2) is 47.1 Å². The molecule has 0 saturated carbocycles. The Labute approximate surface area is 163 Å². The summed E-state index contributed by atoms with van der Waals surface area (Å²) in [7, 11) is -1.70. The summed E-state index contributed by atoms with van der Waals surface area (Å²) in [5, 5.41) is 0.480. The van der Waals surface area contributed by atoms with Crippen molar-refractivity contribution in [3.05, 3.63) is 54.1 Å². The molecule has 1 saturated heterocycles. The third kappa shape index (κ3) is 3.64. The number of ether oxygens (including phenoxy) is 1. The van der Waals surface area contributed by atoms with E-state index in [0.29, 0.717) is 37.4 Å². The number of sulfone groups is 1. The zero-order chi connectivity index (χ0) is 19.7. The van der Waals surface area contributed by atoms with E-state index in [-0.39, 0.29) is 11.7 Å². The molecule has 148 valence electrons. The van der Waals surface area contributed by atoms with Gasteiger partial charge in [-0.05, 0) is 43.2 Å². The van der Waals surface area contributed by atoms with E-state index >= 15 is 0 Å². The molecule has 7 nitrogen and oxygen atoms in total. The Hall–Kier alpha value is -2.74. The van der Waals surface area contributed by atoms with Crippen LogP contribution in [0.3, 0.4) is 0 Å². The zero-order valence-electron chi connectivity index (χ0n) is 15.6. The summed E-state index contributed by atoms with van der Waals surface area (Å²) in [6.45, 7) is 0.832. The maximum atomic E-state index is 12.8. The van der Waals surface area contributed by atoms with Crippen LogP contribution < -0.4 is 4.74 Å². The number of amides is 1. The molecule has 3 heterocycles. The highest BCUT2D eigenvalue weighted by atomic mass is 32.2. The van der Waals surface area contributed by atoms with Crippen molar-refractivity contribution in [3.63, 3.8) is 0 Å². The minimum atomic E-state index is -3.30. The molecule has 0 bridgehead atoms. The molecule has 1 aromatic carbocycles. The van der Waals surface area contributed by atoms with Crippen LogP contribution in [0.2, 0.25) is 0 Å². The van der Waals surface area contributed by atoms with Gasteiger partial charge in [0.15, 0.2) is 9.84 Å². The number of aromatic amines is 1. The van der Waals surface area contributed by atoms with Crippen LogP contribution >= 0.6 is 0 Å². The second-order valence-electron chi connectivity index (χ2n) is 7.01. The first-order valence-corrected chi connectivity index (χ1v) is 10.9. The zero-order valence-corrected chi connectivity index (χ0v) is 16.4. The van der Waals surface area contributed by atoms with Crippen molar-refractivity contribution in [3.8, 4) is 5.75 Å². The van der Waals surface area contributed by atoms with Crippen molar-refractivity contribution in [2.75, 3.05) is 20.2 Å². The lowest BCUT2D eigenvalue weighted by Crippen LogP contribution is -2.42. The van der Waals surface area contributed by atoms with Crippen molar-refractivity contribution in [2.24, 2.45) is 0 Å². The molecule has 0 unspecified atom stereocenters. The Bertz CT molecular complexity index is 1080. The summed E-state index contributed by atoms with van der Waals surface area (Å²) < 4.78 is 35.6. The fourth-order valence-corrected chi connectivity index (χ4v) is 5.37. The van der Waals surface area contributed by atoms with Gasteiger partial charge in [0.25, 0.3) is 5.91 Å². The number of furan rings is 1. The summed E-state index contributed by atoms with van der Waals surface area (Å²) >= 11 is 0. The highest BCUT2D eigenvalue weighted by molar-refractivity contribution is 7.91. The van der Waals surface area contributed by atoms with Crippen LogP contribution in [0, 0.1) is 0 Å². The van der Waals surface area contributed by atoms with Gasteiger partial charge in [-0.25, -0.2) is 8.42 Å². The summed E-state index contributed by atoms with van der Waals surface area (Å²) in [4.78, 5) is 17.7. The highest BCUT2D eigenvalue weighted by Crippen LogP contribution is 2.25. The molecule has 0 atom stereocenters. The van der Waals surface area contributed by atoms with E-state index in [1.165, 1.54) is 6.26 Å². The molecule has 1 amide bonds. The maximum Gasteiger partial charge on any atom is 0.270 e. The molecule has 2 aromatic heterocycles. The first-order chi connectivity index (χ1) is 13.5. The molecule has 4 rings (SSSR count). The molecule has 0 radical (unpaired) electrons. The van der Waals surface area contributed by atoms with Gasteiger partial charge in [0.1, 0.15) is 23.0 Å². The van der Waals surface area contributed by atoms with Crippen LogP contribution in [-0.4, -0.2) is 49.7 Å². The lowest BCUT2D eigenvalue weighted by molar-refractivity contribution is 0.0720. The monoisotopic (exact) mass is 402 g/mol. The van der Waals surface area contributed by atoms with Gasteiger partial charge in [0.05, 0.1) is 18.6 Å². The number of rotatable bonds is 5. The van der Waals surface area contributed by atoms with Crippen LogP contribution in [-0.2, 0) is 15.6 Å². The topological polar surface area (TPSA) is 92.6 Å². The number of fused-ring (bicyclic) bond motifs is 1. The number of likely N-dealkylation sites (tertiary alicyclic amines) is 1. The van der Waals surface area contributed by atoms with Gasteiger partial charge < -0.3 is 19.0 Å². The molecular weight excluding hydrogens is 380 g/mol. The van der Waals surface area contributed by atoms with Crippen molar-refractivity contribution in [1.29, 1.82) is 0 Å². The quantitative estimate of drug-likeness (QED) is 0.708. The molecule has 3 aromatic rings. The number of carbonyl (C=O) groups excluding carboxylic acids is 1. The Morgan fingerprint density at radius 3 is 2.71 bits per heavy atom. The van der Waals surface area contributed by atoms with Gasteiger partial charge in [-0.3, -0.25) is 4.79 Å². The Morgan fingerprint density at radius 1 is 1.25 bits per heavy atom. The van der Waals surface area contributed by atoms with Gasteiger partial charge in [-0.1, -0.05) is 0 Å². The van der Waals surface area contributed by atoms with Crippen molar-refractivity contribution in [1.82, 2.24) is 9.88 Å². The fraction of sp³-hybridized carbons (Fsp3) is 0.350. The number of carbonyl (C=O) groups is 1. The molecule has 1 aliphatic heterocycles. The second-order valence-corrected chi connectivity index (χ2v) is 9.30. The predicted molar refractivity (Wildman–Crippen MR) is 105 cm³/mol. The van der Waals surface area contributed by atoms with Gasteiger partial charge in [0.2, 0.25) is 0 Å². The smallest absolute Gasteiger partial charge is 0.270 e. The van der Waals surface area contributed by atoms with Crippen molar-refractivity contribution < 1.29 is 22.4 Å². The Balaban J connectivity index is 1.42. The summed E-state index contributed by atoms with van der Waals surface area (Å²) in [6.07, 6.45) is 2.34. The number of hydrogen-bond acceptors (Lipinski definition) is 5. The summed E-state index contributed by atoms with van der Waals surface area (Å²) in [5.41, 5.74) is 1.33.